The molecule has 0 aromatic heterocycles. The fourth-order valence-electron chi connectivity index (χ4n) is 1.75. The molecule has 1 aromatic carbocycles. The number of benzene rings is 1. The van der Waals surface area contributed by atoms with Crippen molar-refractivity contribution < 1.29 is 0 Å². The Morgan fingerprint density at radius 3 is 2.38 bits per heavy atom. The molecule has 0 bridgehead atoms. The van der Waals surface area contributed by atoms with Crippen LogP contribution in [0.1, 0.15) is 39.5 Å². The van der Waals surface area contributed by atoms with Gasteiger partial charge in [-0.2, -0.15) is 0 Å². The summed E-state index contributed by atoms with van der Waals surface area (Å²) in [5.74, 6) is 0. The molecule has 1 N–H and O–H groups in total. The molecule has 0 radical (unpaired) electrons. The highest BCUT2D eigenvalue weighted by molar-refractivity contribution is 7.98. The van der Waals surface area contributed by atoms with Crippen LogP contribution >= 0.6 is 11.8 Å². The molecule has 1 atom stereocenters. The van der Waals surface area contributed by atoms with E-state index >= 15 is 0 Å². The van der Waals surface area contributed by atoms with Gasteiger partial charge >= 0.3 is 0 Å². The van der Waals surface area contributed by atoms with E-state index in [1.165, 1.54) is 36.3 Å². The number of anilines is 1. The van der Waals surface area contributed by atoms with Gasteiger partial charge in [-0.25, -0.2) is 0 Å². The van der Waals surface area contributed by atoms with Crippen molar-refractivity contribution in [1.82, 2.24) is 0 Å². The summed E-state index contributed by atoms with van der Waals surface area (Å²) in [4.78, 5) is 1.33. The summed E-state index contributed by atoms with van der Waals surface area (Å²) in [5, 5.41) is 3.61. The standard InChI is InChI=1S/C14H23NS/c1-4-6-7-12(5-2)15-13-8-10-14(16-3)11-9-13/h8-12,15H,4-7H2,1-3H3. The molecule has 1 aromatic rings. The zero-order chi connectivity index (χ0) is 11.8. The summed E-state index contributed by atoms with van der Waals surface area (Å²) in [5.41, 5.74) is 1.25. The largest absolute Gasteiger partial charge is 0.382 e. The normalized spacial score (nSPS) is 12.4. The monoisotopic (exact) mass is 237 g/mol. The van der Waals surface area contributed by atoms with Gasteiger partial charge in [0.05, 0.1) is 0 Å². The smallest absolute Gasteiger partial charge is 0.0343 e. The number of rotatable bonds is 7. The molecule has 0 amide bonds. The van der Waals surface area contributed by atoms with E-state index in [1.54, 1.807) is 11.8 Å². The first-order valence-electron chi connectivity index (χ1n) is 6.20. The summed E-state index contributed by atoms with van der Waals surface area (Å²) >= 11 is 1.79. The zero-order valence-corrected chi connectivity index (χ0v) is 11.4. The van der Waals surface area contributed by atoms with Crippen LogP contribution in [-0.2, 0) is 0 Å². The van der Waals surface area contributed by atoms with Gasteiger partial charge in [0.25, 0.3) is 0 Å². The molecule has 0 spiro atoms. The van der Waals surface area contributed by atoms with E-state index in [0.717, 1.165) is 0 Å². The number of nitrogens with one attached hydrogen (secondary N) is 1. The zero-order valence-electron chi connectivity index (χ0n) is 10.6. The topological polar surface area (TPSA) is 12.0 Å². The third-order valence-corrected chi connectivity index (χ3v) is 3.60. The summed E-state index contributed by atoms with van der Waals surface area (Å²) in [6.07, 6.45) is 7.18. The minimum Gasteiger partial charge on any atom is -0.382 e. The van der Waals surface area contributed by atoms with Gasteiger partial charge in [0.15, 0.2) is 0 Å². The number of hydrogen-bond donors (Lipinski definition) is 1. The van der Waals surface area contributed by atoms with E-state index in [9.17, 15) is 0 Å². The van der Waals surface area contributed by atoms with Crippen LogP contribution in [0.3, 0.4) is 0 Å². The predicted octanol–water partition coefficient (Wildman–Crippen LogP) is 4.79. The molecule has 0 fully saturated rings. The molecule has 2 heteroatoms. The molecule has 90 valence electrons. The lowest BCUT2D eigenvalue weighted by Gasteiger charge is -2.18. The summed E-state index contributed by atoms with van der Waals surface area (Å²) in [7, 11) is 0. The molecule has 1 rings (SSSR count). The minimum atomic E-state index is 0.625. The van der Waals surface area contributed by atoms with Gasteiger partial charge in [0.2, 0.25) is 0 Å². The highest BCUT2D eigenvalue weighted by atomic mass is 32.2. The van der Waals surface area contributed by atoms with Gasteiger partial charge in [-0.3, -0.25) is 0 Å². The van der Waals surface area contributed by atoms with Crippen molar-refractivity contribution in [2.24, 2.45) is 0 Å². The lowest BCUT2D eigenvalue weighted by atomic mass is 10.1. The van der Waals surface area contributed by atoms with Gasteiger partial charge in [-0.1, -0.05) is 26.7 Å². The van der Waals surface area contributed by atoms with Crippen LogP contribution in [-0.4, -0.2) is 12.3 Å². The lowest BCUT2D eigenvalue weighted by molar-refractivity contribution is 0.593. The summed E-state index contributed by atoms with van der Waals surface area (Å²) < 4.78 is 0. The quantitative estimate of drug-likeness (QED) is 0.684. The van der Waals surface area contributed by atoms with Gasteiger partial charge in [0, 0.05) is 16.6 Å². The molecule has 0 heterocycles. The van der Waals surface area contributed by atoms with Crippen molar-refractivity contribution in [3.63, 3.8) is 0 Å². The van der Waals surface area contributed by atoms with Crippen molar-refractivity contribution in [2.45, 2.75) is 50.5 Å². The Balaban J connectivity index is 2.49. The van der Waals surface area contributed by atoms with Crippen molar-refractivity contribution in [3.05, 3.63) is 24.3 Å². The van der Waals surface area contributed by atoms with E-state index in [1.807, 2.05) is 0 Å². The first-order chi connectivity index (χ1) is 7.80. The maximum atomic E-state index is 3.61. The molecule has 1 unspecified atom stereocenters. The van der Waals surface area contributed by atoms with E-state index in [2.05, 4.69) is 49.7 Å². The van der Waals surface area contributed by atoms with Crippen molar-refractivity contribution in [3.8, 4) is 0 Å². The maximum Gasteiger partial charge on any atom is 0.0343 e. The van der Waals surface area contributed by atoms with Gasteiger partial charge in [-0.05, 0) is 43.4 Å². The third-order valence-electron chi connectivity index (χ3n) is 2.86. The first kappa shape index (κ1) is 13.4. The number of hydrogen-bond acceptors (Lipinski definition) is 2. The fraction of sp³-hybridized carbons (Fsp3) is 0.571. The molecule has 1 nitrogen and oxygen atoms in total. The van der Waals surface area contributed by atoms with Gasteiger partial charge in [-0.15, -0.1) is 11.8 Å². The average Bonchev–Trinajstić information content (AvgIpc) is 2.35. The second-order valence-corrected chi connectivity index (χ2v) is 5.00. The minimum absolute atomic E-state index is 0.625. The van der Waals surface area contributed by atoms with Gasteiger partial charge < -0.3 is 5.32 Å². The Hall–Kier alpha value is -0.630. The second-order valence-electron chi connectivity index (χ2n) is 4.12. The lowest BCUT2D eigenvalue weighted by Crippen LogP contribution is -2.18. The van der Waals surface area contributed by atoms with Crippen LogP contribution in [0.25, 0.3) is 0 Å². The Morgan fingerprint density at radius 2 is 1.88 bits per heavy atom. The Morgan fingerprint density at radius 1 is 1.19 bits per heavy atom. The fourth-order valence-corrected chi connectivity index (χ4v) is 2.16. The number of thioether (sulfide) groups is 1. The Bertz CT molecular complexity index is 281. The van der Waals surface area contributed by atoms with Crippen molar-refractivity contribution in [1.29, 1.82) is 0 Å². The first-order valence-corrected chi connectivity index (χ1v) is 7.43. The maximum absolute atomic E-state index is 3.61. The van der Waals surface area contributed by atoms with Crippen LogP contribution in [0.5, 0.6) is 0 Å². The second kappa shape index (κ2) is 7.61. The third kappa shape index (κ3) is 4.48. The predicted molar refractivity (Wildman–Crippen MR) is 75.4 cm³/mol. The molecular weight excluding hydrogens is 214 g/mol. The summed E-state index contributed by atoms with van der Waals surface area (Å²) in [6, 6.07) is 9.35. The van der Waals surface area contributed by atoms with Crippen LogP contribution in [0.15, 0.2) is 29.2 Å². The van der Waals surface area contributed by atoms with Crippen LogP contribution in [0, 0.1) is 0 Å². The van der Waals surface area contributed by atoms with E-state index in [0.29, 0.717) is 6.04 Å². The van der Waals surface area contributed by atoms with Crippen LogP contribution in [0.2, 0.25) is 0 Å². The SMILES string of the molecule is CCCCC(CC)Nc1ccc(SC)cc1. The Labute approximate surface area is 104 Å². The molecule has 0 aliphatic rings. The molecule has 16 heavy (non-hydrogen) atoms. The van der Waals surface area contributed by atoms with Gasteiger partial charge in [0.1, 0.15) is 0 Å². The van der Waals surface area contributed by atoms with E-state index < -0.39 is 0 Å². The summed E-state index contributed by atoms with van der Waals surface area (Å²) in [6.45, 7) is 4.50. The molecule has 0 aliphatic carbocycles. The van der Waals surface area contributed by atoms with Crippen molar-refractivity contribution in [2.75, 3.05) is 11.6 Å². The average molecular weight is 237 g/mol. The molecule has 0 saturated heterocycles. The van der Waals surface area contributed by atoms with Crippen LogP contribution < -0.4 is 5.32 Å². The Kier molecular flexibility index (Phi) is 6.39. The van der Waals surface area contributed by atoms with Crippen molar-refractivity contribution >= 4 is 17.4 Å². The number of unbranched alkanes of at least 4 members (excludes halogenated alkanes) is 1. The highest BCUT2D eigenvalue weighted by Crippen LogP contribution is 2.19. The molecule has 0 saturated carbocycles. The molecule has 0 aliphatic heterocycles. The highest BCUT2D eigenvalue weighted by Gasteiger charge is 2.04. The van der Waals surface area contributed by atoms with E-state index in [4.69, 9.17) is 0 Å². The van der Waals surface area contributed by atoms with E-state index in [-0.39, 0.29) is 0 Å². The van der Waals surface area contributed by atoms with Crippen LogP contribution in [0.4, 0.5) is 5.69 Å². The molecular formula is C14H23NS.